The number of anilines is 1. The van der Waals surface area contributed by atoms with Crippen LogP contribution in [0.2, 0.25) is 0 Å². The Hall–Kier alpha value is -1.83. The number of aliphatic imine (C=N–C) groups is 1. The van der Waals surface area contributed by atoms with E-state index in [-0.39, 0.29) is 0 Å². The number of nitrogens with one attached hydrogen (secondary N) is 1. The fourth-order valence-corrected chi connectivity index (χ4v) is 1.04. The fourth-order valence-electron chi connectivity index (χ4n) is 1.04. The van der Waals surface area contributed by atoms with E-state index >= 15 is 0 Å². The predicted octanol–water partition coefficient (Wildman–Crippen LogP) is 3.26. The minimum absolute atomic E-state index is 0.665. The molecule has 0 aliphatic carbocycles. The third-order valence-corrected chi connectivity index (χ3v) is 1.81. The highest BCUT2D eigenvalue weighted by molar-refractivity contribution is 5.72. The van der Waals surface area contributed by atoms with Crippen LogP contribution < -0.4 is 5.32 Å². The van der Waals surface area contributed by atoms with Crippen LogP contribution in [0.25, 0.3) is 0 Å². The average Bonchev–Trinajstić information content (AvgIpc) is 2.28. The Labute approximate surface area is 91.1 Å². The molecule has 0 saturated heterocycles. The quantitative estimate of drug-likeness (QED) is 0.725. The molecule has 0 spiro atoms. The summed E-state index contributed by atoms with van der Waals surface area (Å²) in [5, 5.41) is 3.23. The van der Waals surface area contributed by atoms with Crippen LogP contribution in [0.4, 0.5) is 5.69 Å². The van der Waals surface area contributed by atoms with Crippen molar-refractivity contribution in [2.45, 2.75) is 6.92 Å². The molecule has 0 bridgehead atoms. The first-order valence-electron chi connectivity index (χ1n) is 4.95. The molecule has 15 heavy (non-hydrogen) atoms. The highest BCUT2D eigenvalue weighted by Gasteiger charge is 1.90. The summed E-state index contributed by atoms with van der Waals surface area (Å²) in [6.45, 7) is 6.47. The number of nitrogens with zero attached hydrogens (tertiary/aromatic N) is 1. The first-order chi connectivity index (χ1) is 7.33. The zero-order chi connectivity index (χ0) is 10.9. The van der Waals surface area contributed by atoms with Crippen LogP contribution in [-0.4, -0.2) is 12.8 Å². The maximum atomic E-state index is 4.16. The zero-order valence-electron chi connectivity index (χ0n) is 8.98. The van der Waals surface area contributed by atoms with Gasteiger partial charge in [0.05, 0.1) is 12.2 Å². The molecule has 0 heterocycles. The molecular weight excluding hydrogens is 184 g/mol. The van der Waals surface area contributed by atoms with Crippen molar-refractivity contribution >= 4 is 11.9 Å². The molecule has 1 aromatic carbocycles. The third-order valence-electron chi connectivity index (χ3n) is 1.81. The molecule has 2 nitrogen and oxygen atoms in total. The van der Waals surface area contributed by atoms with Gasteiger partial charge in [0.1, 0.15) is 0 Å². The molecule has 0 fully saturated rings. The topological polar surface area (TPSA) is 24.4 Å². The largest absolute Gasteiger partial charge is 0.379 e. The van der Waals surface area contributed by atoms with Crippen molar-refractivity contribution in [3.8, 4) is 0 Å². The van der Waals surface area contributed by atoms with Crippen LogP contribution in [0.15, 0.2) is 59.8 Å². The summed E-state index contributed by atoms with van der Waals surface area (Å²) in [4.78, 5) is 4.16. The number of benzene rings is 1. The highest BCUT2D eigenvalue weighted by atomic mass is 14.9. The molecule has 1 N–H and O–H groups in total. The van der Waals surface area contributed by atoms with E-state index in [1.807, 2.05) is 49.4 Å². The zero-order valence-corrected chi connectivity index (χ0v) is 8.98. The Morgan fingerprint density at radius 3 is 2.80 bits per heavy atom. The Morgan fingerprint density at radius 2 is 2.13 bits per heavy atom. The van der Waals surface area contributed by atoms with Gasteiger partial charge < -0.3 is 5.32 Å². The van der Waals surface area contributed by atoms with E-state index in [1.54, 1.807) is 6.21 Å². The van der Waals surface area contributed by atoms with Crippen molar-refractivity contribution in [1.29, 1.82) is 0 Å². The van der Waals surface area contributed by atoms with Gasteiger partial charge in [0, 0.05) is 11.9 Å². The van der Waals surface area contributed by atoms with E-state index in [4.69, 9.17) is 0 Å². The van der Waals surface area contributed by atoms with Crippen LogP contribution in [0.5, 0.6) is 0 Å². The highest BCUT2D eigenvalue weighted by Crippen LogP contribution is 2.05. The van der Waals surface area contributed by atoms with E-state index in [0.717, 1.165) is 11.4 Å². The lowest BCUT2D eigenvalue weighted by molar-refractivity contribution is 1.18. The lowest BCUT2D eigenvalue weighted by atomic mass is 10.3. The van der Waals surface area contributed by atoms with Crippen LogP contribution in [0, 0.1) is 0 Å². The van der Waals surface area contributed by atoms with Crippen LogP contribution in [-0.2, 0) is 0 Å². The molecule has 0 aliphatic heterocycles. The molecule has 1 rings (SSSR count). The number of rotatable bonds is 5. The van der Waals surface area contributed by atoms with Gasteiger partial charge in [-0.05, 0) is 25.1 Å². The Morgan fingerprint density at radius 1 is 1.40 bits per heavy atom. The van der Waals surface area contributed by atoms with E-state index < -0.39 is 0 Å². The van der Waals surface area contributed by atoms with Crippen molar-refractivity contribution in [3.05, 3.63) is 54.8 Å². The first-order valence-corrected chi connectivity index (χ1v) is 4.95. The molecule has 2 heteroatoms. The van der Waals surface area contributed by atoms with Crippen LogP contribution in [0.3, 0.4) is 0 Å². The summed E-state index contributed by atoms with van der Waals surface area (Å²) in [6.07, 6.45) is 5.56. The molecule has 0 aromatic heterocycles. The smallest absolute Gasteiger partial charge is 0.0567 e. The summed E-state index contributed by atoms with van der Waals surface area (Å²) in [5.41, 5.74) is 1.90. The van der Waals surface area contributed by atoms with Gasteiger partial charge in [0.2, 0.25) is 0 Å². The number of para-hydroxylation sites is 1. The summed E-state index contributed by atoms with van der Waals surface area (Å²) < 4.78 is 0. The lowest BCUT2D eigenvalue weighted by Crippen LogP contribution is -2.02. The van der Waals surface area contributed by atoms with E-state index in [2.05, 4.69) is 16.9 Å². The second-order valence-corrected chi connectivity index (χ2v) is 3.09. The van der Waals surface area contributed by atoms with Gasteiger partial charge in [-0.15, -0.1) is 0 Å². The fraction of sp³-hybridized carbons (Fsp3) is 0.154. The predicted molar refractivity (Wildman–Crippen MR) is 67.4 cm³/mol. The monoisotopic (exact) mass is 200 g/mol. The summed E-state index contributed by atoms with van der Waals surface area (Å²) in [6, 6.07) is 10.0. The van der Waals surface area contributed by atoms with Gasteiger partial charge in [0.25, 0.3) is 0 Å². The van der Waals surface area contributed by atoms with E-state index in [9.17, 15) is 0 Å². The van der Waals surface area contributed by atoms with Crippen molar-refractivity contribution in [2.75, 3.05) is 11.9 Å². The van der Waals surface area contributed by atoms with E-state index in [1.165, 1.54) is 0 Å². The average molecular weight is 200 g/mol. The molecule has 0 amide bonds. The normalized spacial score (nSPS) is 11.0. The number of hydrogen-bond donors (Lipinski definition) is 1. The van der Waals surface area contributed by atoms with Crippen molar-refractivity contribution in [3.63, 3.8) is 0 Å². The maximum Gasteiger partial charge on any atom is 0.0567 e. The molecule has 0 saturated carbocycles. The minimum atomic E-state index is 0.665. The van der Waals surface area contributed by atoms with Crippen LogP contribution in [0.1, 0.15) is 6.92 Å². The lowest BCUT2D eigenvalue weighted by Gasteiger charge is -2.04. The Bertz CT molecular complexity index is 350. The van der Waals surface area contributed by atoms with Gasteiger partial charge in [0.15, 0.2) is 0 Å². The molecule has 0 aliphatic rings. The molecule has 78 valence electrons. The van der Waals surface area contributed by atoms with Crippen molar-refractivity contribution in [1.82, 2.24) is 0 Å². The third kappa shape index (κ3) is 4.81. The standard InChI is InChI=1S/C13H16N2/c1-3-4-10-14-12(2)11-15-13-8-6-5-7-9-13/h3-10,15H,2,11H2,1H3/b4-3-,14-10-. The molecule has 1 aromatic rings. The second kappa shape index (κ2) is 6.60. The second-order valence-electron chi connectivity index (χ2n) is 3.09. The van der Waals surface area contributed by atoms with Gasteiger partial charge in [-0.3, -0.25) is 4.99 Å². The minimum Gasteiger partial charge on any atom is -0.379 e. The Kier molecular flexibility index (Phi) is 4.95. The van der Waals surface area contributed by atoms with Gasteiger partial charge in [-0.2, -0.15) is 0 Å². The summed E-state index contributed by atoms with van der Waals surface area (Å²) in [7, 11) is 0. The molecule has 0 unspecified atom stereocenters. The van der Waals surface area contributed by atoms with Gasteiger partial charge in [-0.25, -0.2) is 0 Å². The van der Waals surface area contributed by atoms with Gasteiger partial charge >= 0.3 is 0 Å². The van der Waals surface area contributed by atoms with Crippen LogP contribution >= 0.6 is 0 Å². The van der Waals surface area contributed by atoms with E-state index in [0.29, 0.717) is 6.54 Å². The van der Waals surface area contributed by atoms with Gasteiger partial charge in [-0.1, -0.05) is 30.9 Å². The molecule has 0 atom stereocenters. The Balaban J connectivity index is 2.35. The SMILES string of the molecule is C=C(CNc1ccccc1)/N=C\C=C/C. The summed E-state index contributed by atoms with van der Waals surface area (Å²) in [5.74, 6) is 0. The van der Waals surface area contributed by atoms with Crippen molar-refractivity contribution in [2.24, 2.45) is 4.99 Å². The summed E-state index contributed by atoms with van der Waals surface area (Å²) >= 11 is 0. The molecular formula is C13H16N2. The van der Waals surface area contributed by atoms with Crippen molar-refractivity contribution < 1.29 is 0 Å². The number of allylic oxidation sites excluding steroid dienone is 2. The maximum absolute atomic E-state index is 4.16. The molecule has 0 radical (unpaired) electrons. The number of hydrogen-bond acceptors (Lipinski definition) is 2. The first kappa shape index (κ1) is 11.2.